The van der Waals surface area contributed by atoms with E-state index in [4.69, 9.17) is 9.47 Å². The van der Waals surface area contributed by atoms with Crippen LogP contribution in [-0.4, -0.2) is 35.7 Å². The predicted octanol–water partition coefficient (Wildman–Crippen LogP) is 9.13. The standard InChI is InChI=1S/C40H56O6/c1-24(2)26-15-20-40(23-45-25(3)41)22-21-38(7)29(33(26)40)13-14-31-37(6)18-17-32(36(4,5)30(37)16-19-39(31,38)8)46-35(44)28-12-10-9-11-27(28)34(42)43/h9-12,26,29-33H,1,13-23H2,2-8H3,(H,42,43)/t26-,29-,30+,31+,32+,33+,37-,38-,39-,40+/m1/s1. The Morgan fingerprint density at radius 1 is 0.826 bits per heavy atom. The summed E-state index contributed by atoms with van der Waals surface area (Å²) in [5, 5.41) is 9.67. The Morgan fingerprint density at radius 2 is 1.52 bits per heavy atom. The van der Waals surface area contributed by atoms with Gasteiger partial charge in [-0.25, -0.2) is 9.59 Å². The average Bonchev–Trinajstić information content (AvgIpc) is 3.38. The number of carboxylic acid groups (broad SMARTS) is 1. The van der Waals surface area contributed by atoms with Gasteiger partial charge in [-0.2, -0.15) is 0 Å². The number of fused-ring (bicyclic) bond motifs is 7. The second-order valence-corrected chi connectivity index (χ2v) is 17.4. The van der Waals surface area contributed by atoms with E-state index in [1.807, 2.05) is 0 Å². The molecule has 0 aromatic heterocycles. The maximum Gasteiger partial charge on any atom is 0.339 e. The molecular formula is C40H56O6. The van der Waals surface area contributed by atoms with Crippen LogP contribution in [0.15, 0.2) is 36.4 Å². The normalized spacial score (nSPS) is 42.4. The molecule has 0 unspecified atom stereocenters. The fraction of sp³-hybridized carbons (Fsp3) is 0.725. The van der Waals surface area contributed by atoms with E-state index >= 15 is 0 Å². The zero-order valence-electron chi connectivity index (χ0n) is 29.2. The molecule has 0 heterocycles. The number of benzene rings is 1. The molecule has 46 heavy (non-hydrogen) atoms. The van der Waals surface area contributed by atoms with Gasteiger partial charge in [0, 0.05) is 17.8 Å². The van der Waals surface area contributed by atoms with Crippen molar-refractivity contribution >= 4 is 17.9 Å². The number of carbonyl (C=O) groups excluding carboxylic acids is 2. The van der Waals surface area contributed by atoms with Gasteiger partial charge in [-0.05, 0) is 129 Å². The molecule has 5 aliphatic carbocycles. The van der Waals surface area contributed by atoms with Crippen LogP contribution in [0.25, 0.3) is 0 Å². The highest BCUT2D eigenvalue weighted by Gasteiger charge is 2.71. The average molecular weight is 633 g/mol. The molecule has 5 fully saturated rings. The van der Waals surface area contributed by atoms with Gasteiger partial charge < -0.3 is 14.6 Å². The van der Waals surface area contributed by atoms with Crippen molar-refractivity contribution in [2.45, 2.75) is 119 Å². The summed E-state index contributed by atoms with van der Waals surface area (Å²) in [6.45, 7) is 21.1. The van der Waals surface area contributed by atoms with Gasteiger partial charge in [0.1, 0.15) is 6.10 Å². The molecule has 6 rings (SSSR count). The summed E-state index contributed by atoms with van der Waals surface area (Å²) in [4.78, 5) is 37.2. The second-order valence-electron chi connectivity index (χ2n) is 17.4. The molecule has 0 aliphatic heterocycles. The lowest BCUT2D eigenvalue weighted by Crippen LogP contribution is -2.67. The minimum atomic E-state index is -1.11. The van der Waals surface area contributed by atoms with E-state index in [-0.39, 0.29) is 50.3 Å². The Labute approximate surface area is 276 Å². The molecule has 6 nitrogen and oxygen atoms in total. The molecule has 10 atom stereocenters. The molecule has 1 N–H and O–H groups in total. The van der Waals surface area contributed by atoms with Crippen LogP contribution < -0.4 is 0 Å². The SMILES string of the molecule is C=C(C)[C@H]1CC[C@@]2(COC(C)=O)CC[C@]3(C)[C@H](CC[C@H]4[C@]5(C)CC[C@H](OC(=O)c6ccccc6C(=O)O)C(C)(C)[C@@H]5CC[C@]43C)[C@H]12. The number of esters is 2. The number of carbonyl (C=O) groups is 3. The molecule has 0 amide bonds. The molecule has 0 spiro atoms. The third kappa shape index (κ3) is 4.73. The van der Waals surface area contributed by atoms with Gasteiger partial charge in [-0.3, -0.25) is 4.79 Å². The third-order valence-electron chi connectivity index (χ3n) is 15.4. The predicted molar refractivity (Wildman–Crippen MR) is 178 cm³/mol. The molecular weight excluding hydrogens is 576 g/mol. The summed E-state index contributed by atoms with van der Waals surface area (Å²) < 4.78 is 12.0. The van der Waals surface area contributed by atoms with E-state index in [1.54, 1.807) is 25.1 Å². The molecule has 0 bridgehead atoms. The van der Waals surface area contributed by atoms with E-state index in [0.717, 1.165) is 44.9 Å². The van der Waals surface area contributed by atoms with Crippen LogP contribution in [0.5, 0.6) is 0 Å². The number of allylic oxidation sites excluding steroid dienone is 1. The summed E-state index contributed by atoms with van der Waals surface area (Å²) in [6, 6.07) is 6.37. The number of aromatic carboxylic acids is 1. The second kappa shape index (κ2) is 11.2. The van der Waals surface area contributed by atoms with E-state index in [2.05, 4.69) is 48.1 Å². The summed E-state index contributed by atoms with van der Waals surface area (Å²) in [5.41, 5.74) is 1.75. The summed E-state index contributed by atoms with van der Waals surface area (Å²) in [6.07, 6.45) is 10.8. The van der Waals surface area contributed by atoms with Gasteiger partial charge in [0.15, 0.2) is 0 Å². The smallest absolute Gasteiger partial charge is 0.339 e. The van der Waals surface area contributed by atoms with Crippen LogP contribution in [0, 0.1) is 56.7 Å². The first-order valence-electron chi connectivity index (χ1n) is 17.8. The third-order valence-corrected chi connectivity index (χ3v) is 15.4. The van der Waals surface area contributed by atoms with Gasteiger partial charge in [0.25, 0.3) is 0 Å². The zero-order valence-corrected chi connectivity index (χ0v) is 29.2. The van der Waals surface area contributed by atoms with Crippen LogP contribution in [0.2, 0.25) is 0 Å². The number of carboxylic acids is 1. The number of hydrogen-bond donors (Lipinski definition) is 1. The fourth-order valence-electron chi connectivity index (χ4n) is 13.0. The van der Waals surface area contributed by atoms with E-state index < -0.39 is 11.9 Å². The molecule has 252 valence electrons. The van der Waals surface area contributed by atoms with E-state index in [1.165, 1.54) is 30.9 Å². The van der Waals surface area contributed by atoms with E-state index in [0.29, 0.717) is 36.2 Å². The lowest BCUT2D eigenvalue weighted by atomic mass is 9.32. The van der Waals surface area contributed by atoms with Crippen LogP contribution in [0.4, 0.5) is 0 Å². The van der Waals surface area contributed by atoms with Gasteiger partial charge in [-0.15, -0.1) is 0 Å². The van der Waals surface area contributed by atoms with Gasteiger partial charge in [0.05, 0.1) is 17.7 Å². The molecule has 0 saturated heterocycles. The van der Waals surface area contributed by atoms with Crippen molar-refractivity contribution in [1.29, 1.82) is 0 Å². The Kier molecular flexibility index (Phi) is 8.12. The van der Waals surface area contributed by atoms with Crippen molar-refractivity contribution < 1.29 is 29.0 Å². The Morgan fingerprint density at radius 3 is 2.17 bits per heavy atom. The van der Waals surface area contributed by atoms with Crippen LogP contribution in [0.1, 0.15) is 133 Å². The molecule has 6 heteroatoms. The maximum atomic E-state index is 13.4. The lowest BCUT2D eigenvalue weighted by molar-refractivity contribution is -0.249. The highest BCUT2D eigenvalue weighted by molar-refractivity contribution is 6.02. The van der Waals surface area contributed by atoms with Crippen molar-refractivity contribution in [3.63, 3.8) is 0 Å². The number of ether oxygens (including phenoxy) is 2. The quantitative estimate of drug-likeness (QED) is 0.249. The highest BCUT2D eigenvalue weighted by Crippen LogP contribution is 2.77. The van der Waals surface area contributed by atoms with Crippen molar-refractivity contribution in [2.75, 3.05) is 6.61 Å². The molecule has 0 radical (unpaired) electrons. The van der Waals surface area contributed by atoms with Gasteiger partial charge in [0.2, 0.25) is 0 Å². The van der Waals surface area contributed by atoms with Crippen molar-refractivity contribution in [2.24, 2.45) is 56.7 Å². The minimum Gasteiger partial charge on any atom is -0.478 e. The fourth-order valence-corrected chi connectivity index (χ4v) is 13.0. The highest BCUT2D eigenvalue weighted by atomic mass is 16.5. The minimum absolute atomic E-state index is 0.00935. The van der Waals surface area contributed by atoms with Crippen LogP contribution in [-0.2, 0) is 14.3 Å². The topological polar surface area (TPSA) is 89.9 Å². The largest absolute Gasteiger partial charge is 0.478 e. The monoisotopic (exact) mass is 632 g/mol. The van der Waals surface area contributed by atoms with Gasteiger partial charge in [-0.1, -0.05) is 58.9 Å². The zero-order chi connectivity index (χ0) is 33.4. The first kappa shape index (κ1) is 33.3. The van der Waals surface area contributed by atoms with E-state index in [9.17, 15) is 19.5 Å². The molecule has 5 aliphatic rings. The first-order valence-corrected chi connectivity index (χ1v) is 17.8. The molecule has 1 aromatic rings. The molecule has 1 aromatic carbocycles. The van der Waals surface area contributed by atoms with Crippen LogP contribution in [0.3, 0.4) is 0 Å². The Bertz CT molecular complexity index is 1430. The lowest BCUT2D eigenvalue weighted by Gasteiger charge is -2.73. The van der Waals surface area contributed by atoms with Crippen molar-refractivity contribution in [3.8, 4) is 0 Å². The first-order chi connectivity index (χ1) is 21.5. The van der Waals surface area contributed by atoms with Gasteiger partial charge >= 0.3 is 17.9 Å². The number of rotatable bonds is 6. The van der Waals surface area contributed by atoms with Crippen molar-refractivity contribution in [1.82, 2.24) is 0 Å². The maximum absolute atomic E-state index is 13.4. The Hall–Kier alpha value is -2.63. The number of hydrogen-bond acceptors (Lipinski definition) is 5. The Balaban J connectivity index is 1.27. The van der Waals surface area contributed by atoms with Crippen molar-refractivity contribution in [3.05, 3.63) is 47.5 Å². The summed E-state index contributed by atoms with van der Waals surface area (Å²) in [7, 11) is 0. The molecule has 5 saturated carbocycles. The summed E-state index contributed by atoms with van der Waals surface area (Å²) >= 11 is 0. The van der Waals surface area contributed by atoms with Crippen LogP contribution >= 0.6 is 0 Å². The summed E-state index contributed by atoms with van der Waals surface area (Å²) in [5.74, 6) is 0.747.